The number of halogens is 1. The highest BCUT2D eigenvalue weighted by molar-refractivity contribution is 8.00. The molecule has 2 aromatic rings. The Morgan fingerprint density at radius 2 is 1.63 bits per heavy atom. The Bertz CT molecular complexity index is 828. The number of hydroxylamine groups is 1. The number of carbonyl (C=O) groups excluding carboxylic acids is 1. The second-order valence-electron chi connectivity index (χ2n) is 8.34. The zero-order valence-electron chi connectivity index (χ0n) is 17.6. The van der Waals surface area contributed by atoms with Gasteiger partial charge in [0.1, 0.15) is 11.5 Å². The number of amides is 1. The summed E-state index contributed by atoms with van der Waals surface area (Å²) in [5.74, 6) is 1.37. The van der Waals surface area contributed by atoms with Crippen molar-refractivity contribution >= 4 is 29.3 Å². The van der Waals surface area contributed by atoms with Crippen LogP contribution in [-0.2, 0) is 14.4 Å². The Kier molecular flexibility index (Phi) is 7.69. The maximum Gasteiger partial charge on any atom is 0.244 e. The van der Waals surface area contributed by atoms with Crippen LogP contribution >= 0.6 is 23.4 Å². The molecule has 0 radical (unpaired) electrons. The predicted octanol–water partition coefficient (Wildman–Crippen LogP) is 6.01. The van der Waals surface area contributed by atoms with Crippen LogP contribution in [0.4, 0.5) is 0 Å². The number of nitrogens with one attached hydrogen (secondary N) is 1. The zero-order valence-corrected chi connectivity index (χ0v) is 19.1. The molecule has 1 heterocycles. The van der Waals surface area contributed by atoms with Gasteiger partial charge in [-0.15, -0.1) is 11.8 Å². The predicted molar refractivity (Wildman–Crippen MR) is 120 cm³/mol. The van der Waals surface area contributed by atoms with Crippen molar-refractivity contribution in [3.63, 3.8) is 0 Å². The molecule has 1 aliphatic rings. The SMILES string of the molecule is CC(C)(C)ONC(=O)CC1(Sc2ccc(Oc3ccc(Cl)cc3)cc2)CCOCC1. The lowest BCUT2D eigenvalue weighted by Crippen LogP contribution is -2.41. The van der Waals surface area contributed by atoms with Crippen LogP contribution in [0.15, 0.2) is 53.4 Å². The van der Waals surface area contributed by atoms with Gasteiger partial charge in [0.25, 0.3) is 0 Å². The summed E-state index contributed by atoms with van der Waals surface area (Å²) in [7, 11) is 0. The van der Waals surface area contributed by atoms with Gasteiger partial charge in [0.05, 0.1) is 5.60 Å². The first kappa shape index (κ1) is 22.9. The van der Waals surface area contributed by atoms with Gasteiger partial charge in [-0.1, -0.05) is 11.6 Å². The Balaban J connectivity index is 1.64. The molecular formula is C23H28ClNO4S. The maximum atomic E-state index is 12.5. The van der Waals surface area contributed by atoms with Gasteiger partial charge in [-0.05, 0) is 82.1 Å². The molecule has 0 spiro atoms. The molecule has 30 heavy (non-hydrogen) atoms. The molecule has 0 aromatic heterocycles. The second-order valence-corrected chi connectivity index (χ2v) is 10.3. The van der Waals surface area contributed by atoms with Crippen LogP contribution in [0.2, 0.25) is 5.02 Å². The Labute approximate surface area is 187 Å². The Morgan fingerprint density at radius 3 is 2.20 bits per heavy atom. The third-order valence-electron chi connectivity index (χ3n) is 4.57. The third-order valence-corrected chi connectivity index (χ3v) is 6.31. The van der Waals surface area contributed by atoms with Crippen molar-refractivity contribution in [1.82, 2.24) is 5.48 Å². The summed E-state index contributed by atoms with van der Waals surface area (Å²) in [6.45, 7) is 7.01. The van der Waals surface area contributed by atoms with E-state index in [9.17, 15) is 4.79 Å². The van der Waals surface area contributed by atoms with Crippen LogP contribution in [0.1, 0.15) is 40.0 Å². The summed E-state index contributed by atoms with van der Waals surface area (Å²) < 4.78 is 11.2. The van der Waals surface area contributed by atoms with Gasteiger partial charge in [-0.25, -0.2) is 5.48 Å². The quantitative estimate of drug-likeness (QED) is 0.524. The molecule has 0 atom stereocenters. The van der Waals surface area contributed by atoms with E-state index in [-0.39, 0.29) is 10.7 Å². The summed E-state index contributed by atoms with van der Waals surface area (Å²) in [5, 5.41) is 0.674. The highest BCUT2D eigenvalue weighted by Crippen LogP contribution is 2.43. The minimum absolute atomic E-state index is 0.109. The van der Waals surface area contributed by atoms with Crippen molar-refractivity contribution in [2.24, 2.45) is 0 Å². The molecule has 1 aliphatic heterocycles. The normalized spacial score (nSPS) is 16.1. The fraction of sp³-hybridized carbons (Fsp3) is 0.435. The van der Waals surface area contributed by atoms with Crippen LogP contribution < -0.4 is 10.2 Å². The van der Waals surface area contributed by atoms with Crippen molar-refractivity contribution in [1.29, 1.82) is 0 Å². The van der Waals surface area contributed by atoms with E-state index in [1.807, 2.05) is 57.2 Å². The van der Waals surface area contributed by atoms with Gasteiger partial charge < -0.3 is 9.47 Å². The van der Waals surface area contributed by atoms with E-state index in [4.69, 9.17) is 25.9 Å². The summed E-state index contributed by atoms with van der Waals surface area (Å²) in [6, 6.07) is 15.2. The Hall–Kier alpha value is -1.73. The van der Waals surface area contributed by atoms with Crippen molar-refractivity contribution in [3.8, 4) is 11.5 Å². The largest absolute Gasteiger partial charge is 0.457 e. The lowest BCUT2D eigenvalue weighted by Gasteiger charge is -2.36. The lowest BCUT2D eigenvalue weighted by molar-refractivity contribution is -0.146. The van der Waals surface area contributed by atoms with E-state index < -0.39 is 5.60 Å². The summed E-state index contributed by atoms with van der Waals surface area (Å²) >= 11 is 7.64. The monoisotopic (exact) mass is 449 g/mol. The average molecular weight is 450 g/mol. The van der Waals surface area contributed by atoms with Gasteiger partial charge in [0.2, 0.25) is 5.91 Å². The van der Waals surface area contributed by atoms with Crippen LogP contribution in [0.25, 0.3) is 0 Å². The van der Waals surface area contributed by atoms with E-state index >= 15 is 0 Å². The highest BCUT2D eigenvalue weighted by Gasteiger charge is 2.36. The summed E-state index contributed by atoms with van der Waals surface area (Å²) in [4.78, 5) is 19.0. The minimum Gasteiger partial charge on any atom is -0.457 e. The van der Waals surface area contributed by atoms with E-state index in [0.717, 1.165) is 29.2 Å². The van der Waals surface area contributed by atoms with Crippen LogP contribution in [0.3, 0.4) is 0 Å². The molecule has 0 aliphatic carbocycles. The maximum absolute atomic E-state index is 12.5. The number of hydrogen-bond donors (Lipinski definition) is 1. The van der Waals surface area contributed by atoms with Gasteiger partial charge in [-0.2, -0.15) is 0 Å². The molecule has 1 N–H and O–H groups in total. The van der Waals surface area contributed by atoms with E-state index in [1.165, 1.54) is 0 Å². The van der Waals surface area contributed by atoms with Crippen LogP contribution in [0, 0.1) is 0 Å². The molecule has 1 fully saturated rings. The van der Waals surface area contributed by atoms with E-state index in [0.29, 0.717) is 24.7 Å². The number of rotatable bonds is 7. The molecule has 1 saturated heterocycles. The molecule has 7 heteroatoms. The average Bonchev–Trinajstić information content (AvgIpc) is 2.70. The summed E-state index contributed by atoms with van der Waals surface area (Å²) in [6.07, 6.45) is 1.99. The second kappa shape index (κ2) is 10.1. The van der Waals surface area contributed by atoms with Crippen LogP contribution in [0.5, 0.6) is 11.5 Å². The fourth-order valence-electron chi connectivity index (χ4n) is 3.06. The molecule has 0 unspecified atom stereocenters. The van der Waals surface area contributed by atoms with Crippen LogP contribution in [-0.4, -0.2) is 29.5 Å². The van der Waals surface area contributed by atoms with E-state index in [1.54, 1.807) is 23.9 Å². The molecule has 2 aromatic carbocycles. The van der Waals surface area contributed by atoms with Crippen molar-refractivity contribution in [2.45, 2.75) is 55.3 Å². The summed E-state index contributed by atoms with van der Waals surface area (Å²) in [5.41, 5.74) is 2.17. The topological polar surface area (TPSA) is 56.8 Å². The first-order chi connectivity index (χ1) is 14.2. The van der Waals surface area contributed by atoms with Crippen molar-refractivity contribution < 1.29 is 19.1 Å². The molecule has 162 valence electrons. The van der Waals surface area contributed by atoms with Gasteiger partial charge in [-0.3, -0.25) is 9.63 Å². The standard InChI is InChI=1S/C23H28ClNO4S/c1-22(2,3)29-25-21(26)16-23(12-14-27-15-13-23)30-20-10-8-19(9-11-20)28-18-6-4-17(24)5-7-18/h4-11H,12-16H2,1-3H3,(H,25,26). The number of benzene rings is 2. The first-order valence-electron chi connectivity index (χ1n) is 10.0. The van der Waals surface area contributed by atoms with Gasteiger partial charge in [0.15, 0.2) is 0 Å². The minimum atomic E-state index is -0.425. The zero-order chi connectivity index (χ0) is 21.6. The van der Waals surface area contributed by atoms with Crippen molar-refractivity contribution in [3.05, 3.63) is 53.6 Å². The number of hydrogen-bond acceptors (Lipinski definition) is 5. The lowest BCUT2D eigenvalue weighted by atomic mass is 9.95. The fourth-order valence-corrected chi connectivity index (χ4v) is 4.53. The molecule has 3 rings (SSSR count). The smallest absolute Gasteiger partial charge is 0.244 e. The molecule has 0 bridgehead atoms. The molecule has 1 amide bonds. The molecular weight excluding hydrogens is 422 g/mol. The Morgan fingerprint density at radius 1 is 1.07 bits per heavy atom. The third kappa shape index (κ3) is 7.20. The first-order valence-corrected chi connectivity index (χ1v) is 11.2. The number of thioether (sulfide) groups is 1. The van der Waals surface area contributed by atoms with Crippen molar-refractivity contribution in [2.75, 3.05) is 13.2 Å². The highest BCUT2D eigenvalue weighted by atomic mass is 35.5. The van der Waals surface area contributed by atoms with Gasteiger partial charge >= 0.3 is 0 Å². The number of ether oxygens (including phenoxy) is 2. The number of carbonyl (C=O) groups is 1. The molecule has 0 saturated carbocycles. The van der Waals surface area contributed by atoms with E-state index in [2.05, 4.69) is 5.48 Å². The molecule has 5 nitrogen and oxygen atoms in total. The van der Waals surface area contributed by atoms with Gasteiger partial charge in [0, 0.05) is 34.3 Å².